The predicted octanol–water partition coefficient (Wildman–Crippen LogP) is 6.98. The lowest BCUT2D eigenvalue weighted by Gasteiger charge is -2.31. The fourth-order valence-electron chi connectivity index (χ4n) is 4.17. The van der Waals surface area contributed by atoms with Crippen LogP contribution in [0.3, 0.4) is 0 Å². The molecule has 0 aromatic heterocycles. The van der Waals surface area contributed by atoms with Crippen molar-refractivity contribution in [2.45, 2.75) is 46.3 Å². The third-order valence-electron chi connectivity index (χ3n) is 5.65. The maximum Gasteiger partial charge on any atom is 0.300 e. The number of hydrogen-bond acceptors (Lipinski definition) is 4. The average molecular weight is 572 g/mol. The molecule has 2 unspecified atom stereocenters. The summed E-state index contributed by atoms with van der Waals surface area (Å²) in [6, 6.07) is 21.9. The molecule has 0 bridgehead atoms. The molecule has 39 heavy (non-hydrogen) atoms. The van der Waals surface area contributed by atoms with E-state index in [0.717, 1.165) is 12.5 Å². The second-order valence-electron chi connectivity index (χ2n) is 10.4. The highest BCUT2D eigenvalue weighted by atomic mass is 35.5. The van der Waals surface area contributed by atoms with Crippen LogP contribution in [0.4, 0.5) is 11.4 Å². The molecule has 7 nitrogen and oxygen atoms in total. The Labute approximate surface area is 238 Å². The molecule has 0 fully saturated rings. The molecule has 9 heteroatoms. The van der Waals surface area contributed by atoms with Crippen LogP contribution in [0.1, 0.15) is 51.3 Å². The number of anilines is 2. The minimum atomic E-state index is -1.02. The van der Waals surface area contributed by atoms with Gasteiger partial charge in [-0.1, -0.05) is 80.4 Å². The summed E-state index contributed by atoms with van der Waals surface area (Å²) >= 11 is 13.0. The number of benzene rings is 3. The van der Waals surface area contributed by atoms with Crippen molar-refractivity contribution in [3.8, 4) is 0 Å². The van der Waals surface area contributed by atoms with Crippen molar-refractivity contribution in [3.05, 3.63) is 94.0 Å². The number of hydrogen-bond donors (Lipinski definition) is 2. The summed E-state index contributed by atoms with van der Waals surface area (Å²) < 4.78 is 6.43. The van der Waals surface area contributed by atoms with Gasteiger partial charge in [0.1, 0.15) is 12.2 Å². The third-order valence-corrected chi connectivity index (χ3v) is 6.23. The number of para-hydroxylation sites is 1. The van der Waals surface area contributed by atoms with E-state index in [2.05, 4.69) is 26.1 Å². The summed E-state index contributed by atoms with van der Waals surface area (Å²) in [4.78, 5) is 37.5. The zero-order valence-corrected chi connectivity index (χ0v) is 23.8. The van der Waals surface area contributed by atoms with Gasteiger partial charge >= 0.3 is 0 Å². The van der Waals surface area contributed by atoms with E-state index in [9.17, 15) is 9.59 Å². The molecule has 0 aliphatic carbocycles. The molecule has 1 aliphatic heterocycles. The van der Waals surface area contributed by atoms with Gasteiger partial charge in [0.2, 0.25) is 5.91 Å². The van der Waals surface area contributed by atoms with Crippen LogP contribution in [-0.2, 0) is 19.1 Å². The van der Waals surface area contributed by atoms with Crippen LogP contribution in [0.5, 0.6) is 0 Å². The molecule has 2 N–H and O–H groups in total. The number of amides is 2. The van der Waals surface area contributed by atoms with Crippen molar-refractivity contribution in [2.75, 3.05) is 16.8 Å². The van der Waals surface area contributed by atoms with Crippen LogP contribution in [-0.4, -0.2) is 35.5 Å². The van der Waals surface area contributed by atoms with Gasteiger partial charge in [0.25, 0.3) is 11.9 Å². The fourth-order valence-corrected chi connectivity index (χ4v) is 4.59. The molecule has 1 aliphatic rings. The molecule has 0 spiro atoms. The Kier molecular flexibility index (Phi) is 10.1. The van der Waals surface area contributed by atoms with Crippen molar-refractivity contribution < 1.29 is 24.2 Å². The summed E-state index contributed by atoms with van der Waals surface area (Å²) in [5.74, 6) is -1.42. The highest BCUT2D eigenvalue weighted by Crippen LogP contribution is 2.42. The van der Waals surface area contributed by atoms with E-state index < -0.39 is 18.2 Å². The first-order chi connectivity index (χ1) is 18.4. The molecule has 0 saturated heterocycles. The van der Waals surface area contributed by atoms with Crippen LogP contribution in [0.15, 0.2) is 72.8 Å². The third kappa shape index (κ3) is 8.55. The second kappa shape index (κ2) is 13.1. The summed E-state index contributed by atoms with van der Waals surface area (Å²) in [6.45, 7) is 7.70. The van der Waals surface area contributed by atoms with Gasteiger partial charge in [-0.05, 0) is 41.8 Å². The number of fused-ring (bicyclic) bond motifs is 1. The summed E-state index contributed by atoms with van der Waals surface area (Å²) in [5.41, 5.74) is 2.59. The SMILES string of the molecule is CC(=O)O.CC(C)(C)CN1C(=O)C(CC(=O)Nc2ccccc2)OC(c2ccccc2Cl)c2cc(Cl)ccc21. The number of ether oxygens (including phenoxy) is 1. The molecular weight excluding hydrogens is 539 g/mol. The van der Waals surface area contributed by atoms with Crippen LogP contribution in [0.25, 0.3) is 0 Å². The topological polar surface area (TPSA) is 95.9 Å². The maximum absolute atomic E-state index is 13.9. The van der Waals surface area contributed by atoms with Crippen LogP contribution in [0.2, 0.25) is 10.0 Å². The van der Waals surface area contributed by atoms with E-state index in [4.69, 9.17) is 37.8 Å². The van der Waals surface area contributed by atoms with E-state index in [1.165, 1.54) is 0 Å². The van der Waals surface area contributed by atoms with Crippen LogP contribution >= 0.6 is 23.2 Å². The van der Waals surface area contributed by atoms with Crippen molar-refractivity contribution in [1.29, 1.82) is 0 Å². The molecule has 1 heterocycles. The Morgan fingerprint density at radius 3 is 2.21 bits per heavy atom. The molecule has 3 aromatic carbocycles. The lowest BCUT2D eigenvalue weighted by molar-refractivity contribution is -0.136. The second-order valence-corrected chi connectivity index (χ2v) is 11.2. The first-order valence-corrected chi connectivity index (χ1v) is 13.2. The smallest absolute Gasteiger partial charge is 0.300 e. The van der Waals surface area contributed by atoms with E-state index in [1.807, 2.05) is 42.5 Å². The molecule has 3 aromatic rings. The lowest BCUT2D eigenvalue weighted by atomic mass is 9.94. The summed E-state index contributed by atoms with van der Waals surface area (Å²) in [6.07, 6.45) is -1.84. The Balaban J connectivity index is 0.000000983. The number of carboxylic acid groups (broad SMARTS) is 1. The number of halogens is 2. The highest BCUT2D eigenvalue weighted by Gasteiger charge is 2.39. The predicted molar refractivity (Wildman–Crippen MR) is 154 cm³/mol. The van der Waals surface area contributed by atoms with Gasteiger partial charge in [-0.15, -0.1) is 0 Å². The minimum Gasteiger partial charge on any atom is -0.481 e. The molecule has 2 atom stereocenters. The normalized spacial score (nSPS) is 16.9. The van der Waals surface area contributed by atoms with Gasteiger partial charge in [0.15, 0.2) is 0 Å². The number of aliphatic carboxylic acids is 1. The Morgan fingerprint density at radius 2 is 1.59 bits per heavy atom. The summed E-state index contributed by atoms with van der Waals surface area (Å²) in [5, 5.41) is 11.3. The van der Waals surface area contributed by atoms with Crippen LogP contribution < -0.4 is 10.2 Å². The molecule has 0 radical (unpaired) electrons. The largest absolute Gasteiger partial charge is 0.481 e. The number of carbonyl (C=O) groups is 3. The van der Waals surface area contributed by atoms with Crippen molar-refractivity contribution in [2.24, 2.45) is 5.41 Å². The zero-order valence-electron chi connectivity index (χ0n) is 22.3. The Bertz CT molecular complexity index is 1320. The van der Waals surface area contributed by atoms with Gasteiger partial charge in [0, 0.05) is 46.0 Å². The standard InChI is InChI=1S/C28H28Cl2N2O3.C2H4O2/c1-28(2,3)17-32-23-14-13-18(29)15-21(23)26(20-11-7-8-12-22(20)30)35-24(27(32)34)16-25(33)31-19-9-5-4-6-10-19;1-2(3)4/h4-15,24,26H,16-17H2,1-3H3,(H,31,33);1H3,(H,3,4). The van der Waals surface area contributed by atoms with E-state index >= 15 is 0 Å². The zero-order chi connectivity index (χ0) is 28.7. The minimum absolute atomic E-state index is 0.142. The van der Waals surface area contributed by atoms with Gasteiger partial charge in [-0.3, -0.25) is 14.4 Å². The van der Waals surface area contributed by atoms with E-state index in [-0.39, 0.29) is 23.7 Å². The molecule has 0 saturated carbocycles. The quantitative estimate of drug-likeness (QED) is 0.345. The lowest BCUT2D eigenvalue weighted by Crippen LogP contribution is -2.44. The van der Waals surface area contributed by atoms with E-state index in [0.29, 0.717) is 33.5 Å². The van der Waals surface area contributed by atoms with Gasteiger partial charge in [-0.25, -0.2) is 0 Å². The van der Waals surface area contributed by atoms with Gasteiger partial charge < -0.3 is 20.1 Å². The highest BCUT2D eigenvalue weighted by molar-refractivity contribution is 6.31. The number of nitrogens with zero attached hydrogens (tertiary/aromatic N) is 1. The molecule has 2 amide bonds. The fraction of sp³-hybridized carbons (Fsp3) is 0.300. The molecule has 206 valence electrons. The molecule has 4 rings (SSSR count). The average Bonchev–Trinajstić information content (AvgIpc) is 2.94. The Hall–Kier alpha value is -3.39. The number of carbonyl (C=O) groups excluding carboxylic acids is 2. The van der Waals surface area contributed by atoms with Gasteiger partial charge in [-0.2, -0.15) is 0 Å². The first kappa shape index (κ1) is 30.2. The van der Waals surface area contributed by atoms with Crippen molar-refractivity contribution in [3.63, 3.8) is 0 Å². The van der Waals surface area contributed by atoms with Crippen LogP contribution in [0, 0.1) is 5.41 Å². The van der Waals surface area contributed by atoms with Crippen molar-refractivity contribution >= 4 is 52.4 Å². The Morgan fingerprint density at radius 1 is 0.974 bits per heavy atom. The maximum atomic E-state index is 13.9. The first-order valence-electron chi connectivity index (χ1n) is 12.4. The number of nitrogens with one attached hydrogen (secondary N) is 1. The van der Waals surface area contributed by atoms with Crippen molar-refractivity contribution in [1.82, 2.24) is 0 Å². The van der Waals surface area contributed by atoms with E-state index in [1.54, 1.807) is 35.2 Å². The summed E-state index contributed by atoms with van der Waals surface area (Å²) in [7, 11) is 0. The monoisotopic (exact) mass is 570 g/mol. The van der Waals surface area contributed by atoms with Gasteiger partial charge in [0.05, 0.1) is 6.42 Å². The number of rotatable bonds is 5. The molecular formula is C30H32Cl2N2O5. The number of carboxylic acids is 1.